The molecule has 1 heterocycles. The van der Waals surface area contributed by atoms with Crippen molar-refractivity contribution in [3.63, 3.8) is 0 Å². The topological polar surface area (TPSA) is 57.6 Å². The number of carboxylic acids is 1. The van der Waals surface area contributed by atoms with Gasteiger partial charge in [0.2, 0.25) is 5.91 Å². The Hall–Kier alpha value is -2.05. The van der Waals surface area contributed by atoms with Crippen LogP contribution in [0.2, 0.25) is 0 Å². The molecule has 4 nitrogen and oxygen atoms in total. The van der Waals surface area contributed by atoms with E-state index < -0.39 is 48.4 Å². The van der Waals surface area contributed by atoms with Gasteiger partial charge in [0, 0.05) is 19.5 Å². The highest BCUT2D eigenvalue weighted by molar-refractivity contribution is 5.80. The van der Waals surface area contributed by atoms with E-state index in [-0.39, 0.29) is 6.42 Å². The number of benzene rings is 1. The summed E-state index contributed by atoms with van der Waals surface area (Å²) in [5, 5.41) is 9.02. The summed E-state index contributed by atoms with van der Waals surface area (Å²) in [6.07, 6.45) is -4.61. The fourth-order valence-electron chi connectivity index (χ4n) is 3.07. The van der Waals surface area contributed by atoms with Gasteiger partial charge in [-0.2, -0.15) is 13.2 Å². The van der Waals surface area contributed by atoms with Crippen LogP contribution in [-0.4, -0.2) is 41.1 Å². The average Bonchev–Trinajstić information content (AvgIpc) is 2.93. The number of carbonyl (C=O) groups is 2. The fourth-order valence-corrected chi connectivity index (χ4v) is 3.07. The zero-order valence-corrected chi connectivity index (χ0v) is 13.5. The summed E-state index contributed by atoms with van der Waals surface area (Å²) in [6, 6.07) is 9.22. The van der Waals surface area contributed by atoms with E-state index in [1.807, 2.05) is 44.2 Å². The Balaban J connectivity index is 2.12. The Bertz CT molecular complexity index is 613. The van der Waals surface area contributed by atoms with Gasteiger partial charge >= 0.3 is 12.1 Å². The van der Waals surface area contributed by atoms with Gasteiger partial charge in [0.1, 0.15) is 0 Å². The van der Waals surface area contributed by atoms with Crippen LogP contribution < -0.4 is 0 Å². The van der Waals surface area contributed by atoms with E-state index in [1.165, 1.54) is 0 Å². The molecule has 0 bridgehead atoms. The van der Waals surface area contributed by atoms with Gasteiger partial charge < -0.3 is 10.0 Å². The molecule has 7 heteroatoms. The zero-order valence-electron chi connectivity index (χ0n) is 13.5. The molecule has 1 aliphatic rings. The SMILES string of the molecule is CC(C)(CC(=O)N1C[C@@H](C(F)(F)F)[C@H](C(=O)O)C1)c1ccccc1. The number of carboxylic acid groups (broad SMARTS) is 1. The lowest BCUT2D eigenvalue weighted by molar-refractivity contribution is -0.188. The Labute approximate surface area is 138 Å². The molecule has 1 aromatic carbocycles. The number of nitrogens with zero attached hydrogens (tertiary/aromatic N) is 1. The molecular weight excluding hydrogens is 323 g/mol. The fraction of sp³-hybridized carbons (Fsp3) is 0.529. The van der Waals surface area contributed by atoms with Crippen LogP contribution in [0.1, 0.15) is 25.8 Å². The molecule has 0 radical (unpaired) electrons. The summed E-state index contributed by atoms with van der Waals surface area (Å²) in [4.78, 5) is 24.6. The number of carbonyl (C=O) groups excluding carboxylic acids is 1. The molecule has 2 rings (SSSR count). The molecule has 0 saturated carbocycles. The molecule has 0 unspecified atom stereocenters. The van der Waals surface area contributed by atoms with Crippen molar-refractivity contribution in [3.05, 3.63) is 35.9 Å². The summed E-state index contributed by atoms with van der Waals surface area (Å²) in [6.45, 7) is 2.69. The maximum absolute atomic E-state index is 13.0. The lowest BCUT2D eigenvalue weighted by atomic mass is 9.81. The van der Waals surface area contributed by atoms with Gasteiger partial charge in [-0.05, 0) is 11.0 Å². The highest BCUT2D eigenvalue weighted by Crippen LogP contribution is 2.38. The third-order valence-corrected chi connectivity index (χ3v) is 4.56. The summed E-state index contributed by atoms with van der Waals surface area (Å²) in [5.74, 6) is -5.59. The van der Waals surface area contributed by atoms with Crippen LogP contribution in [0.25, 0.3) is 0 Å². The number of hydrogen-bond acceptors (Lipinski definition) is 2. The first-order valence-corrected chi connectivity index (χ1v) is 7.65. The van der Waals surface area contributed by atoms with E-state index in [4.69, 9.17) is 5.11 Å². The second-order valence-electron chi connectivity index (χ2n) is 6.82. The van der Waals surface area contributed by atoms with Crippen molar-refractivity contribution in [2.24, 2.45) is 11.8 Å². The van der Waals surface area contributed by atoms with Crippen LogP contribution in [0.5, 0.6) is 0 Å². The molecule has 132 valence electrons. The molecule has 1 aliphatic heterocycles. The minimum absolute atomic E-state index is 0.0218. The maximum Gasteiger partial charge on any atom is 0.394 e. The first-order valence-electron chi connectivity index (χ1n) is 7.65. The molecule has 0 aliphatic carbocycles. The molecular formula is C17H20F3NO3. The largest absolute Gasteiger partial charge is 0.481 e. The van der Waals surface area contributed by atoms with Gasteiger partial charge in [-0.1, -0.05) is 44.2 Å². The molecule has 1 fully saturated rings. The quantitative estimate of drug-likeness (QED) is 0.914. The van der Waals surface area contributed by atoms with Crippen molar-refractivity contribution in [1.82, 2.24) is 4.90 Å². The van der Waals surface area contributed by atoms with Gasteiger partial charge in [-0.25, -0.2) is 0 Å². The van der Waals surface area contributed by atoms with Crippen molar-refractivity contribution in [3.8, 4) is 0 Å². The number of likely N-dealkylation sites (tertiary alicyclic amines) is 1. The van der Waals surface area contributed by atoms with Crippen LogP contribution >= 0.6 is 0 Å². The number of hydrogen-bond donors (Lipinski definition) is 1. The van der Waals surface area contributed by atoms with Gasteiger partial charge in [0.05, 0.1) is 11.8 Å². The zero-order chi connectivity index (χ0) is 18.1. The van der Waals surface area contributed by atoms with Crippen molar-refractivity contribution in [2.75, 3.05) is 13.1 Å². The third-order valence-electron chi connectivity index (χ3n) is 4.56. The lowest BCUT2D eigenvalue weighted by Gasteiger charge is -2.27. The Morgan fingerprint density at radius 1 is 1.17 bits per heavy atom. The highest BCUT2D eigenvalue weighted by Gasteiger charge is 2.53. The molecule has 2 atom stereocenters. The minimum Gasteiger partial charge on any atom is -0.481 e. The predicted octanol–water partition coefficient (Wildman–Crippen LogP) is 3.08. The van der Waals surface area contributed by atoms with Crippen molar-refractivity contribution in [1.29, 1.82) is 0 Å². The van der Waals surface area contributed by atoms with Gasteiger partial charge in [-0.15, -0.1) is 0 Å². The molecule has 0 spiro atoms. The minimum atomic E-state index is -4.63. The van der Waals surface area contributed by atoms with Crippen LogP contribution in [0.4, 0.5) is 13.2 Å². The van der Waals surface area contributed by atoms with Gasteiger partial charge in [0.15, 0.2) is 0 Å². The standard InChI is InChI=1S/C17H20F3NO3/c1-16(2,11-6-4-3-5-7-11)8-14(22)21-9-12(15(23)24)13(10-21)17(18,19)20/h3-7,12-13H,8-10H2,1-2H3,(H,23,24)/t12-,13-/m1/s1. The molecule has 1 N–H and O–H groups in total. The number of alkyl halides is 3. The second-order valence-corrected chi connectivity index (χ2v) is 6.82. The lowest BCUT2D eigenvalue weighted by Crippen LogP contribution is -2.35. The van der Waals surface area contributed by atoms with Crippen molar-refractivity contribution >= 4 is 11.9 Å². The Morgan fingerprint density at radius 2 is 1.75 bits per heavy atom. The first-order chi connectivity index (χ1) is 11.0. The van der Waals surface area contributed by atoms with E-state index in [2.05, 4.69) is 0 Å². The van der Waals surface area contributed by atoms with E-state index in [0.717, 1.165) is 10.5 Å². The second kappa shape index (κ2) is 6.45. The Morgan fingerprint density at radius 3 is 2.21 bits per heavy atom. The Kier molecular flexibility index (Phi) is 4.92. The van der Waals surface area contributed by atoms with E-state index in [1.54, 1.807) is 0 Å². The number of rotatable bonds is 4. The van der Waals surface area contributed by atoms with Gasteiger partial charge in [-0.3, -0.25) is 9.59 Å². The van der Waals surface area contributed by atoms with Crippen LogP contribution in [-0.2, 0) is 15.0 Å². The first kappa shape index (κ1) is 18.3. The van der Waals surface area contributed by atoms with Crippen molar-refractivity contribution in [2.45, 2.75) is 31.9 Å². The summed E-state index contributed by atoms with van der Waals surface area (Å²) in [5.41, 5.74) is 0.354. The van der Waals surface area contributed by atoms with E-state index >= 15 is 0 Å². The monoisotopic (exact) mass is 343 g/mol. The van der Waals surface area contributed by atoms with Crippen LogP contribution in [0.15, 0.2) is 30.3 Å². The van der Waals surface area contributed by atoms with E-state index in [9.17, 15) is 22.8 Å². The third kappa shape index (κ3) is 3.88. The number of amides is 1. The highest BCUT2D eigenvalue weighted by atomic mass is 19.4. The maximum atomic E-state index is 13.0. The number of halogens is 3. The smallest absolute Gasteiger partial charge is 0.394 e. The normalized spacial score (nSPS) is 21.8. The van der Waals surface area contributed by atoms with Gasteiger partial charge in [0.25, 0.3) is 0 Å². The molecule has 0 aromatic heterocycles. The predicted molar refractivity (Wildman–Crippen MR) is 81.3 cm³/mol. The molecule has 1 saturated heterocycles. The number of aliphatic carboxylic acids is 1. The molecule has 1 amide bonds. The summed E-state index contributed by atoms with van der Waals surface area (Å²) < 4.78 is 39.0. The summed E-state index contributed by atoms with van der Waals surface area (Å²) >= 11 is 0. The molecule has 24 heavy (non-hydrogen) atoms. The summed E-state index contributed by atoms with van der Waals surface area (Å²) in [7, 11) is 0. The van der Waals surface area contributed by atoms with Crippen LogP contribution in [0.3, 0.4) is 0 Å². The van der Waals surface area contributed by atoms with Crippen molar-refractivity contribution < 1.29 is 27.9 Å². The van der Waals surface area contributed by atoms with Crippen LogP contribution in [0, 0.1) is 11.8 Å². The van der Waals surface area contributed by atoms with E-state index in [0.29, 0.717) is 0 Å². The average molecular weight is 343 g/mol. The molecule has 1 aromatic rings.